The Hall–Kier alpha value is -3.82. The zero-order chi connectivity index (χ0) is 21.4. The van der Waals surface area contributed by atoms with Crippen molar-refractivity contribution in [3.63, 3.8) is 0 Å². The van der Waals surface area contributed by atoms with Gasteiger partial charge < -0.3 is 14.7 Å². The molecule has 1 atom stereocenters. The van der Waals surface area contributed by atoms with E-state index in [0.29, 0.717) is 22.3 Å². The van der Waals surface area contributed by atoms with Gasteiger partial charge in [-0.15, -0.1) is 0 Å². The molecule has 5 nitrogen and oxygen atoms in total. The van der Waals surface area contributed by atoms with Crippen molar-refractivity contribution in [3.8, 4) is 28.4 Å². The Morgan fingerprint density at radius 2 is 1.29 bits per heavy atom. The van der Waals surface area contributed by atoms with Crippen molar-refractivity contribution in [2.24, 2.45) is 4.99 Å². The molecule has 0 spiro atoms. The Morgan fingerprint density at radius 1 is 0.710 bits per heavy atom. The first-order valence-corrected chi connectivity index (χ1v) is 11.3. The van der Waals surface area contributed by atoms with Gasteiger partial charge in [-0.05, 0) is 66.2 Å². The third-order valence-electron chi connectivity index (χ3n) is 5.11. The second-order valence-electron chi connectivity index (χ2n) is 7.15. The molecule has 0 amide bonds. The Morgan fingerprint density at radius 3 is 2.00 bits per heavy atom. The summed E-state index contributed by atoms with van der Waals surface area (Å²) in [5.41, 5.74) is 3.07. The number of aromatic hydroxyl groups is 2. The number of aliphatic imine (C=N–C) groups is 1. The van der Waals surface area contributed by atoms with Crippen LogP contribution in [0.3, 0.4) is 0 Å². The lowest BCUT2D eigenvalue weighted by atomic mass is 10.0. The van der Waals surface area contributed by atoms with Gasteiger partial charge in [0.1, 0.15) is 22.7 Å². The largest absolute Gasteiger partial charge is 0.508 e. The van der Waals surface area contributed by atoms with Gasteiger partial charge in [0.15, 0.2) is 0 Å². The SMILES string of the molecule is O=P1(C(=Nc2ccc(O)cc2)c2ccc(O)cc2)Oc2ccccc2-c2ccccc21. The normalized spacial score (nSPS) is 17.4. The molecule has 1 unspecified atom stereocenters. The minimum atomic E-state index is -3.65. The fourth-order valence-corrected chi connectivity index (χ4v) is 6.01. The van der Waals surface area contributed by atoms with Crippen LogP contribution in [0.1, 0.15) is 5.56 Å². The van der Waals surface area contributed by atoms with Gasteiger partial charge in [0.2, 0.25) is 0 Å². The second kappa shape index (κ2) is 7.46. The molecule has 5 rings (SSSR count). The monoisotopic (exact) mass is 427 g/mol. The first kappa shape index (κ1) is 19.2. The highest BCUT2D eigenvalue weighted by Gasteiger charge is 2.41. The minimum Gasteiger partial charge on any atom is -0.508 e. The number of rotatable bonds is 3. The van der Waals surface area contributed by atoms with Crippen LogP contribution in [0, 0.1) is 0 Å². The van der Waals surface area contributed by atoms with Gasteiger partial charge in [-0.2, -0.15) is 0 Å². The second-order valence-corrected chi connectivity index (χ2v) is 9.35. The molecule has 0 saturated heterocycles. The molecule has 31 heavy (non-hydrogen) atoms. The average Bonchev–Trinajstić information content (AvgIpc) is 2.80. The van der Waals surface area contributed by atoms with E-state index in [9.17, 15) is 14.8 Å². The lowest BCUT2D eigenvalue weighted by Gasteiger charge is -2.29. The first-order valence-electron chi connectivity index (χ1n) is 9.71. The highest BCUT2D eigenvalue weighted by Crippen LogP contribution is 2.57. The van der Waals surface area contributed by atoms with Crippen LogP contribution in [-0.4, -0.2) is 15.7 Å². The molecule has 6 heteroatoms. The van der Waals surface area contributed by atoms with Crippen LogP contribution in [0.15, 0.2) is 102 Å². The van der Waals surface area contributed by atoms with E-state index in [1.165, 1.54) is 24.3 Å². The maximum absolute atomic E-state index is 14.6. The van der Waals surface area contributed by atoms with Crippen LogP contribution in [0.4, 0.5) is 5.69 Å². The topological polar surface area (TPSA) is 79.1 Å². The van der Waals surface area contributed by atoms with Gasteiger partial charge in [-0.3, -0.25) is 4.57 Å². The minimum absolute atomic E-state index is 0.0984. The summed E-state index contributed by atoms with van der Waals surface area (Å²) in [5, 5.41) is 19.9. The summed E-state index contributed by atoms with van der Waals surface area (Å²) in [6.07, 6.45) is 0. The molecule has 0 fully saturated rings. The number of phenolic OH excluding ortho intramolecular Hbond substituents is 2. The van der Waals surface area contributed by atoms with Gasteiger partial charge in [0.05, 0.1) is 11.0 Å². The van der Waals surface area contributed by atoms with Gasteiger partial charge >= 0.3 is 7.37 Å². The standard InChI is InChI=1S/C25H18NO4P/c27-19-13-9-17(10-14-19)25(26-18-11-15-20(28)16-12-18)31(29)24-8-4-2-6-22(24)21-5-1-3-7-23(21)30-31/h1-16,27-28H. The van der Waals surface area contributed by atoms with Crippen LogP contribution in [0.5, 0.6) is 17.2 Å². The van der Waals surface area contributed by atoms with Crippen molar-refractivity contribution in [2.75, 3.05) is 0 Å². The summed E-state index contributed by atoms with van der Waals surface area (Å²) < 4.78 is 20.8. The number of hydrogen-bond acceptors (Lipinski definition) is 5. The van der Waals surface area contributed by atoms with Gasteiger partial charge in [0.25, 0.3) is 0 Å². The molecule has 152 valence electrons. The van der Waals surface area contributed by atoms with Crippen LogP contribution < -0.4 is 9.83 Å². The Kier molecular flexibility index (Phi) is 4.61. The Balaban J connectivity index is 1.77. The molecule has 0 radical (unpaired) electrons. The van der Waals surface area contributed by atoms with E-state index in [0.717, 1.165) is 11.1 Å². The van der Waals surface area contributed by atoms with E-state index < -0.39 is 7.37 Å². The highest BCUT2D eigenvalue weighted by atomic mass is 31.2. The predicted molar refractivity (Wildman–Crippen MR) is 122 cm³/mol. The van der Waals surface area contributed by atoms with E-state index in [4.69, 9.17) is 9.52 Å². The van der Waals surface area contributed by atoms with Gasteiger partial charge in [0, 0.05) is 11.1 Å². The van der Waals surface area contributed by atoms with Crippen molar-refractivity contribution in [2.45, 2.75) is 0 Å². The fourth-order valence-electron chi connectivity index (χ4n) is 3.63. The summed E-state index contributed by atoms with van der Waals surface area (Å²) >= 11 is 0. The molecule has 0 saturated carbocycles. The quantitative estimate of drug-likeness (QED) is 0.318. The van der Waals surface area contributed by atoms with E-state index in [1.807, 2.05) is 36.4 Å². The fraction of sp³-hybridized carbons (Fsp3) is 0. The molecular formula is C25H18NO4P. The number of para-hydroxylation sites is 1. The number of hydrogen-bond donors (Lipinski definition) is 2. The predicted octanol–water partition coefficient (Wildman–Crippen LogP) is 5.84. The lowest BCUT2D eigenvalue weighted by Crippen LogP contribution is -2.23. The van der Waals surface area contributed by atoms with E-state index in [2.05, 4.69) is 0 Å². The molecule has 0 aromatic heterocycles. The number of nitrogens with zero attached hydrogens (tertiary/aromatic N) is 1. The van der Waals surface area contributed by atoms with Gasteiger partial charge in [-0.1, -0.05) is 36.4 Å². The van der Waals surface area contributed by atoms with Crippen molar-refractivity contribution in [3.05, 3.63) is 103 Å². The molecule has 0 aliphatic carbocycles. The van der Waals surface area contributed by atoms with Gasteiger partial charge in [-0.25, -0.2) is 4.99 Å². The maximum atomic E-state index is 14.6. The van der Waals surface area contributed by atoms with Crippen molar-refractivity contribution < 1.29 is 19.3 Å². The number of benzene rings is 4. The molecule has 4 aromatic rings. The first-order chi connectivity index (χ1) is 15.0. The molecule has 1 aliphatic heterocycles. The molecule has 1 aliphatic rings. The summed E-state index contributed by atoms with van der Waals surface area (Å²) in [4.78, 5) is 4.70. The van der Waals surface area contributed by atoms with E-state index in [1.54, 1.807) is 36.4 Å². The van der Waals surface area contributed by atoms with Crippen LogP contribution in [0.2, 0.25) is 0 Å². The summed E-state index contributed by atoms with van der Waals surface area (Å²) in [6, 6.07) is 27.7. The smallest absolute Gasteiger partial charge is 0.325 e. The summed E-state index contributed by atoms with van der Waals surface area (Å²) in [6.45, 7) is 0. The third kappa shape index (κ3) is 3.39. The molecular weight excluding hydrogens is 409 g/mol. The number of phenols is 2. The zero-order valence-electron chi connectivity index (χ0n) is 16.3. The third-order valence-corrected chi connectivity index (χ3v) is 7.51. The van der Waals surface area contributed by atoms with Crippen molar-refractivity contribution in [1.82, 2.24) is 0 Å². The van der Waals surface area contributed by atoms with Crippen LogP contribution in [-0.2, 0) is 4.57 Å². The van der Waals surface area contributed by atoms with Crippen LogP contribution >= 0.6 is 7.37 Å². The lowest BCUT2D eigenvalue weighted by molar-refractivity contribution is 0.474. The molecule has 1 heterocycles. The average molecular weight is 427 g/mol. The number of fused-ring (bicyclic) bond motifs is 3. The molecule has 4 aromatic carbocycles. The van der Waals surface area contributed by atoms with Crippen molar-refractivity contribution in [1.29, 1.82) is 0 Å². The van der Waals surface area contributed by atoms with Crippen molar-refractivity contribution >= 4 is 23.8 Å². The molecule has 0 bridgehead atoms. The molecule has 2 N–H and O–H groups in total. The van der Waals surface area contributed by atoms with E-state index in [-0.39, 0.29) is 17.0 Å². The summed E-state index contributed by atoms with van der Waals surface area (Å²) in [7, 11) is -3.65. The Labute approximate surface area is 179 Å². The van der Waals surface area contributed by atoms with Crippen LogP contribution in [0.25, 0.3) is 11.1 Å². The highest BCUT2D eigenvalue weighted by molar-refractivity contribution is 7.84. The Bertz CT molecular complexity index is 1340. The maximum Gasteiger partial charge on any atom is 0.325 e. The van der Waals surface area contributed by atoms with E-state index >= 15 is 0 Å². The zero-order valence-corrected chi connectivity index (χ0v) is 17.2. The summed E-state index contributed by atoms with van der Waals surface area (Å²) in [5.74, 6) is 0.744.